The Balaban J connectivity index is 0.00000361. The second-order valence-electron chi connectivity index (χ2n) is 5.48. The van der Waals surface area contributed by atoms with Crippen LogP contribution in [0.2, 0.25) is 0 Å². The van der Waals surface area contributed by atoms with Crippen LogP contribution < -0.4 is 11.1 Å². The molecule has 20 heavy (non-hydrogen) atoms. The summed E-state index contributed by atoms with van der Waals surface area (Å²) < 4.78 is 1.10. The first-order valence-electron chi connectivity index (χ1n) is 6.26. The summed E-state index contributed by atoms with van der Waals surface area (Å²) in [4.78, 5) is 5.62. The van der Waals surface area contributed by atoms with Crippen LogP contribution in [0.1, 0.15) is 27.7 Å². The monoisotopic (exact) mass is 471 g/mol. The Kier molecular flexibility index (Phi) is 9.17. The van der Waals surface area contributed by atoms with E-state index in [1.54, 1.807) is 11.8 Å². The van der Waals surface area contributed by atoms with Crippen molar-refractivity contribution in [3.8, 4) is 0 Å². The fourth-order valence-corrected chi connectivity index (χ4v) is 2.60. The number of hydrogen-bond donors (Lipinski definition) is 2. The van der Waals surface area contributed by atoms with E-state index in [0.717, 1.165) is 4.47 Å². The largest absolute Gasteiger partial charge is 0.370 e. The van der Waals surface area contributed by atoms with E-state index in [2.05, 4.69) is 66.1 Å². The van der Waals surface area contributed by atoms with Crippen molar-refractivity contribution < 1.29 is 0 Å². The zero-order valence-corrected chi connectivity index (χ0v) is 17.0. The van der Waals surface area contributed by atoms with Gasteiger partial charge < -0.3 is 11.1 Å². The summed E-state index contributed by atoms with van der Waals surface area (Å²) in [6.07, 6.45) is 0. The van der Waals surface area contributed by atoms with E-state index in [9.17, 15) is 0 Å². The lowest BCUT2D eigenvalue weighted by atomic mass is 10.1. The van der Waals surface area contributed by atoms with E-state index in [0.29, 0.717) is 17.8 Å². The predicted molar refractivity (Wildman–Crippen MR) is 104 cm³/mol. The lowest BCUT2D eigenvalue weighted by Gasteiger charge is -2.21. The van der Waals surface area contributed by atoms with Crippen LogP contribution in [-0.2, 0) is 0 Å². The molecule has 0 heterocycles. The molecule has 1 aromatic rings. The van der Waals surface area contributed by atoms with Gasteiger partial charge in [0.25, 0.3) is 0 Å². The van der Waals surface area contributed by atoms with Gasteiger partial charge in [-0.2, -0.15) is 0 Å². The van der Waals surface area contributed by atoms with Gasteiger partial charge in [0.2, 0.25) is 0 Å². The van der Waals surface area contributed by atoms with Gasteiger partial charge in [-0.3, -0.25) is 4.99 Å². The van der Waals surface area contributed by atoms with Crippen LogP contribution in [0.5, 0.6) is 0 Å². The highest BCUT2D eigenvalue weighted by Crippen LogP contribution is 2.24. The second kappa shape index (κ2) is 9.15. The van der Waals surface area contributed by atoms with Crippen LogP contribution in [0.15, 0.2) is 38.6 Å². The van der Waals surface area contributed by atoms with Crippen LogP contribution in [0.4, 0.5) is 0 Å². The Labute approximate surface area is 151 Å². The molecule has 0 aliphatic carbocycles. The summed E-state index contributed by atoms with van der Waals surface area (Å²) in [7, 11) is 0. The molecule has 0 saturated heterocycles. The molecule has 3 N–H and O–H groups in total. The van der Waals surface area contributed by atoms with Crippen molar-refractivity contribution in [1.82, 2.24) is 5.32 Å². The fraction of sp³-hybridized carbons (Fsp3) is 0.500. The molecule has 0 aliphatic heterocycles. The Morgan fingerprint density at radius 2 is 1.90 bits per heavy atom. The van der Waals surface area contributed by atoms with E-state index in [-0.39, 0.29) is 29.5 Å². The summed E-state index contributed by atoms with van der Waals surface area (Å²) in [6, 6.07) is 8.30. The molecule has 3 nitrogen and oxygen atoms in total. The lowest BCUT2D eigenvalue weighted by molar-refractivity contribution is 0.508. The standard InChI is InChI=1S/C14H22BrN3S.HI/c1-10(9-17-13(16)18-14(2,3)4)19-12-7-5-11(15)6-8-12;/h5-8,10H,9H2,1-4H3,(H3,16,17,18);1H. The Morgan fingerprint density at radius 1 is 1.35 bits per heavy atom. The van der Waals surface area contributed by atoms with E-state index in [1.807, 2.05) is 12.1 Å². The van der Waals surface area contributed by atoms with Crippen LogP contribution in [0, 0.1) is 0 Å². The lowest BCUT2D eigenvalue weighted by Crippen LogP contribution is -2.45. The summed E-state index contributed by atoms with van der Waals surface area (Å²) in [5, 5.41) is 3.55. The smallest absolute Gasteiger partial charge is 0.189 e. The first-order chi connectivity index (χ1) is 8.76. The fourth-order valence-electron chi connectivity index (χ4n) is 1.43. The molecule has 6 heteroatoms. The van der Waals surface area contributed by atoms with Gasteiger partial charge in [0.15, 0.2) is 5.96 Å². The molecule has 0 fully saturated rings. The molecular weight excluding hydrogens is 449 g/mol. The van der Waals surface area contributed by atoms with Crippen LogP contribution in [0.25, 0.3) is 0 Å². The maximum atomic E-state index is 5.84. The van der Waals surface area contributed by atoms with Crippen molar-refractivity contribution in [2.45, 2.75) is 43.4 Å². The van der Waals surface area contributed by atoms with E-state index >= 15 is 0 Å². The summed E-state index contributed by atoms with van der Waals surface area (Å²) >= 11 is 5.23. The summed E-state index contributed by atoms with van der Waals surface area (Å²) in [5.74, 6) is 0.510. The normalized spacial score (nSPS) is 13.6. The number of nitrogens with two attached hydrogens (primary N) is 1. The number of benzene rings is 1. The molecule has 1 atom stereocenters. The average molecular weight is 472 g/mol. The molecule has 0 aromatic heterocycles. The quantitative estimate of drug-likeness (QED) is 0.298. The molecule has 114 valence electrons. The SMILES string of the molecule is CC(CN=C(N)NC(C)(C)C)Sc1ccc(Br)cc1.I. The molecule has 1 rings (SSSR count). The van der Waals surface area contributed by atoms with Crippen LogP contribution in [0.3, 0.4) is 0 Å². The third-order valence-electron chi connectivity index (χ3n) is 2.17. The third kappa shape index (κ3) is 9.07. The number of hydrogen-bond acceptors (Lipinski definition) is 2. The van der Waals surface area contributed by atoms with Crippen LogP contribution in [-0.4, -0.2) is 23.3 Å². The summed E-state index contributed by atoms with van der Waals surface area (Å²) in [6.45, 7) is 9.05. The number of nitrogens with one attached hydrogen (secondary N) is 1. The van der Waals surface area contributed by atoms with Gasteiger partial charge >= 0.3 is 0 Å². The van der Waals surface area contributed by atoms with Crippen LogP contribution >= 0.6 is 51.7 Å². The second-order valence-corrected chi connectivity index (χ2v) is 7.91. The van der Waals surface area contributed by atoms with Gasteiger partial charge in [-0.1, -0.05) is 22.9 Å². The maximum Gasteiger partial charge on any atom is 0.189 e. The number of nitrogens with zero attached hydrogens (tertiary/aromatic N) is 1. The predicted octanol–water partition coefficient (Wildman–Crippen LogP) is 4.25. The van der Waals surface area contributed by atoms with Gasteiger partial charge in [0.1, 0.15) is 0 Å². The number of aliphatic imine (C=N–C) groups is 1. The number of rotatable bonds is 4. The third-order valence-corrected chi connectivity index (χ3v) is 3.80. The number of guanidine groups is 1. The van der Waals surface area contributed by atoms with Gasteiger partial charge in [-0.05, 0) is 45.0 Å². The molecule has 0 radical (unpaired) electrons. The van der Waals surface area contributed by atoms with E-state index in [4.69, 9.17) is 5.73 Å². The van der Waals surface area contributed by atoms with Crippen molar-refractivity contribution in [2.75, 3.05) is 6.54 Å². The molecule has 1 aromatic carbocycles. The van der Waals surface area contributed by atoms with Crippen molar-refractivity contribution in [2.24, 2.45) is 10.7 Å². The van der Waals surface area contributed by atoms with Crippen molar-refractivity contribution in [3.05, 3.63) is 28.7 Å². The Hall–Kier alpha value is 0.0500. The molecule has 0 aliphatic rings. The van der Waals surface area contributed by atoms with Gasteiger partial charge in [0, 0.05) is 20.2 Å². The highest BCUT2D eigenvalue weighted by Gasteiger charge is 2.10. The molecule has 0 bridgehead atoms. The minimum absolute atomic E-state index is 0. The Bertz CT molecular complexity index is 429. The zero-order chi connectivity index (χ0) is 14.5. The van der Waals surface area contributed by atoms with Gasteiger partial charge in [-0.15, -0.1) is 35.7 Å². The first kappa shape index (κ1) is 20.1. The molecule has 0 saturated carbocycles. The van der Waals surface area contributed by atoms with Crippen molar-refractivity contribution in [3.63, 3.8) is 0 Å². The zero-order valence-electron chi connectivity index (χ0n) is 12.3. The minimum Gasteiger partial charge on any atom is -0.370 e. The average Bonchev–Trinajstić information content (AvgIpc) is 2.27. The first-order valence-corrected chi connectivity index (χ1v) is 7.94. The molecular formula is C14H23BrIN3S. The highest BCUT2D eigenvalue weighted by atomic mass is 127. The maximum absolute atomic E-state index is 5.84. The molecule has 0 spiro atoms. The van der Waals surface area contributed by atoms with Crippen molar-refractivity contribution in [1.29, 1.82) is 0 Å². The highest BCUT2D eigenvalue weighted by molar-refractivity contribution is 14.0. The Morgan fingerprint density at radius 3 is 2.40 bits per heavy atom. The molecule has 0 amide bonds. The van der Waals surface area contributed by atoms with Crippen molar-refractivity contribution >= 4 is 57.6 Å². The van der Waals surface area contributed by atoms with E-state index in [1.165, 1.54) is 4.90 Å². The van der Waals surface area contributed by atoms with Gasteiger partial charge in [0.05, 0.1) is 6.54 Å². The van der Waals surface area contributed by atoms with Gasteiger partial charge in [-0.25, -0.2) is 0 Å². The number of halogens is 2. The topological polar surface area (TPSA) is 50.4 Å². The summed E-state index contributed by atoms with van der Waals surface area (Å²) in [5.41, 5.74) is 5.80. The minimum atomic E-state index is -0.0460. The van der Waals surface area contributed by atoms with E-state index < -0.39 is 0 Å². The number of thioether (sulfide) groups is 1. The molecule has 1 unspecified atom stereocenters.